The van der Waals surface area contributed by atoms with Crippen molar-refractivity contribution in [3.63, 3.8) is 0 Å². The Balaban J connectivity index is 1.44. The first kappa shape index (κ1) is 19.6. The minimum Gasteiger partial charge on any atom is -0.508 e. The van der Waals surface area contributed by atoms with Crippen LogP contribution in [-0.4, -0.2) is 16.0 Å². The van der Waals surface area contributed by atoms with E-state index in [1.165, 1.54) is 76.0 Å². The van der Waals surface area contributed by atoms with Gasteiger partial charge in [-0.25, -0.2) is 0 Å². The summed E-state index contributed by atoms with van der Waals surface area (Å²) in [5, 5.41) is 18.9. The molecular formula is C22H32O3. The third-order valence-electron chi connectivity index (χ3n) is 5.12. The van der Waals surface area contributed by atoms with Crippen molar-refractivity contribution in [1.29, 1.82) is 0 Å². The van der Waals surface area contributed by atoms with Gasteiger partial charge in [-0.05, 0) is 43.7 Å². The smallest absolute Gasteiger partial charge is 0.166 e. The van der Waals surface area contributed by atoms with Gasteiger partial charge in [-0.2, -0.15) is 0 Å². The lowest BCUT2D eigenvalue weighted by atomic mass is 9.99. The molecule has 2 N–H and O–H groups in total. The highest BCUT2D eigenvalue weighted by molar-refractivity contribution is 5.98. The van der Waals surface area contributed by atoms with E-state index >= 15 is 0 Å². The number of phenols is 2. The molecule has 0 aliphatic heterocycles. The van der Waals surface area contributed by atoms with Gasteiger partial charge in [0.1, 0.15) is 11.5 Å². The minimum atomic E-state index is -0.127. The number of aromatic hydroxyl groups is 2. The lowest BCUT2D eigenvalue weighted by molar-refractivity contribution is 0.0976. The highest BCUT2D eigenvalue weighted by Crippen LogP contribution is 2.25. The molecule has 0 aromatic heterocycles. The van der Waals surface area contributed by atoms with Gasteiger partial charge in [-0.15, -0.1) is 0 Å². The van der Waals surface area contributed by atoms with Gasteiger partial charge in [0.2, 0.25) is 0 Å². The van der Waals surface area contributed by atoms with Gasteiger partial charge in [0, 0.05) is 12.5 Å². The molecule has 25 heavy (non-hydrogen) atoms. The number of Topliss-reactive ketones (excluding diaryl/α,β-unsaturated/α-hetero) is 1. The van der Waals surface area contributed by atoms with E-state index in [2.05, 4.69) is 12.2 Å². The molecule has 0 heterocycles. The third kappa shape index (κ3) is 7.33. The van der Waals surface area contributed by atoms with Gasteiger partial charge in [0.05, 0.1) is 5.56 Å². The summed E-state index contributed by atoms with van der Waals surface area (Å²) < 4.78 is 0. The molecular weight excluding hydrogens is 312 g/mol. The van der Waals surface area contributed by atoms with Gasteiger partial charge in [-0.1, -0.05) is 57.1 Å². The van der Waals surface area contributed by atoms with Crippen molar-refractivity contribution in [3.8, 4) is 11.5 Å². The fraction of sp³-hybridized carbons (Fsp3) is 0.591. The molecule has 1 aliphatic rings. The number of rotatable bonds is 12. The molecule has 1 atom stereocenters. The second-order valence-corrected chi connectivity index (χ2v) is 7.26. The van der Waals surface area contributed by atoms with Crippen LogP contribution >= 0.6 is 0 Å². The van der Waals surface area contributed by atoms with Crippen LogP contribution in [0.25, 0.3) is 0 Å². The lowest BCUT2D eigenvalue weighted by Gasteiger charge is -2.07. The average Bonchev–Trinajstić information content (AvgIpc) is 3.09. The number of hydrogen-bond donors (Lipinski definition) is 2. The molecule has 1 aliphatic carbocycles. The van der Waals surface area contributed by atoms with Crippen molar-refractivity contribution < 1.29 is 15.0 Å². The van der Waals surface area contributed by atoms with Crippen LogP contribution in [0, 0.1) is 5.92 Å². The number of ketones is 1. The molecule has 1 aromatic carbocycles. The first-order chi connectivity index (χ1) is 12.2. The topological polar surface area (TPSA) is 57.5 Å². The van der Waals surface area contributed by atoms with E-state index in [1.54, 1.807) is 0 Å². The summed E-state index contributed by atoms with van der Waals surface area (Å²) in [5.41, 5.74) is 0.315. The summed E-state index contributed by atoms with van der Waals surface area (Å²) in [6, 6.07) is 4.15. The maximum Gasteiger partial charge on any atom is 0.166 e. The Labute approximate surface area is 151 Å². The zero-order valence-corrected chi connectivity index (χ0v) is 15.3. The highest BCUT2D eigenvalue weighted by Gasteiger charge is 2.11. The number of hydrogen-bond acceptors (Lipinski definition) is 3. The summed E-state index contributed by atoms with van der Waals surface area (Å²) in [4.78, 5) is 12.0. The van der Waals surface area contributed by atoms with Crippen LogP contribution in [0.5, 0.6) is 11.5 Å². The largest absolute Gasteiger partial charge is 0.508 e. The maximum absolute atomic E-state index is 12.0. The van der Waals surface area contributed by atoms with E-state index < -0.39 is 0 Å². The van der Waals surface area contributed by atoms with Crippen molar-refractivity contribution >= 4 is 5.78 Å². The molecule has 0 saturated carbocycles. The summed E-state index contributed by atoms with van der Waals surface area (Å²) in [7, 11) is 0. The van der Waals surface area contributed by atoms with Crippen LogP contribution in [-0.2, 0) is 0 Å². The van der Waals surface area contributed by atoms with Crippen LogP contribution in [0.1, 0.15) is 87.4 Å². The number of carbonyl (C=O) groups excluding carboxylic acids is 1. The predicted octanol–water partition coefficient (Wildman–Crippen LogP) is 6.15. The average molecular weight is 344 g/mol. The fourth-order valence-corrected chi connectivity index (χ4v) is 3.58. The van der Waals surface area contributed by atoms with Gasteiger partial charge >= 0.3 is 0 Å². The minimum absolute atomic E-state index is 0.0197. The molecule has 0 radical (unpaired) electrons. The Morgan fingerprint density at radius 3 is 2.28 bits per heavy atom. The number of allylic oxidation sites excluding steroid dienone is 2. The SMILES string of the molecule is O=C(CCCCCCCCCCC1C=CCC1)c1ccc(O)cc1O. The van der Waals surface area contributed by atoms with E-state index in [1.807, 2.05) is 0 Å². The first-order valence-electron chi connectivity index (χ1n) is 9.88. The Hall–Kier alpha value is -1.77. The number of phenolic OH excluding ortho intramolecular Hbond substituents is 2. The zero-order valence-electron chi connectivity index (χ0n) is 15.3. The molecule has 1 aromatic rings. The number of carbonyl (C=O) groups is 1. The van der Waals surface area contributed by atoms with E-state index in [0.717, 1.165) is 18.8 Å². The monoisotopic (exact) mass is 344 g/mol. The van der Waals surface area contributed by atoms with Crippen LogP contribution in [0.15, 0.2) is 30.4 Å². The van der Waals surface area contributed by atoms with E-state index in [4.69, 9.17) is 0 Å². The summed E-state index contributed by atoms with van der Waals surface area (Å²) in [6.45, 7) is 0. The van der Waals surface area contributed by atoms with Crippen molar-refractivity contribution in [2.24, 2.45) is 5.92 Å². The summed E-state index contributed by atoms with van der Waals surface area (Å²) in [6.07, 6.45) is 18.9. The quantitative estimate of drug-likeness (QED) is 0.272. The van der Waals surface area contributed by atoms with Crippen molar-refractivity contribution in [3.05, 3.63) is 35.9 Å². The van der Waals surface area contributed by atoms with Crippen LogP contribution in [0.4, 0.5) is 0 Å². The highest BCUT2D eigenvalue weighted by atomic mass is 16.3. The van der Waals surface area contributed by atoms with Crippen LogP contribution < -0.4 is 0 Å². The van der Waals surface area contributed by atoms with Gasteiger partial charge in [0.25, 0.3) is 0 Å². The normalized spacial score (nSPS) is 16.4. The molecule has 2 rings (SSSR count). The molecule has 3 heteroatoms. The second-order valence-electron chi connectivity index (χ2n) is 7.26. The van der Waals surface area contributed by atoms with E-state index in [-0.39, 0.29) is 17.3 Å². The third-order valence-corrected chi connectivity index (χ3v) is 5.12. The molecule has 0 bridgehead atoms. The number of unbranched alkanes of at least 4 members (excludes halogenated alkanes) is 7. The Morgan fingerprint density at radius 2 is 1.64 bits per heavy atom. The number of benzene rings is 1. The van der Waals surface area contributed by atoms with Crippen LogP contribution in [0.3, 0.4) is 0 Å². The predicted molar refractivity (Wildman–Crippen MR) is 102 cm³/mol. The van der Waals surface area contributed by atoms with Gasteiger partial charge in [0.15, 0.2) is 5.78 Å². The molecule has 0 saturated heterocycles. The van der Waals surface area contributed by atoms with Gasteiger partial charge < -0.3 is 10.2 Å². The fourth-order valence-electron chi connectivity index (χ4n) is 3.58. The van der Waals surface area contributed by atoms with Crippen LogP contribution in [0.2, 0.25) is 0 Å². The van der Waals surface area contributed by atoms with E-state index in [0.29, 0.717) is 12.0 Å². The zero-order chi connectivity index (χ0) is 17.9. The van der Waals surface area contributed by atoms with E-state index in [9.17, 15) is 15.0 Å². The first-order valence-corrected chi connectivity index (χ1v) is 9.88. The standard InChI is InChI=1S/C22H32O3/c23-19-15-16-20(22(25)17-19)21(24)14-8-6-4-2-1-3-5-7-11-18-12-9-10-13-18/h9,12,15-18,23,25H,1-8,10-11,13-14H2. The van der Waals surface area contributed by atoms with Crippen molar-refractivity contribution in [2.45, 2.75) is 77.0 Å². The molecule has 0 spiro atoms. The van der Waals surface area contributed by atoms with Crippen molar-refractivity contribution in [1.82, 2.24) is 0 Å². The maximum atomic E-state index is 12.0. The summed E-state index contributed by atoms with van der Waals surface area (Å²) in [5.74, 6) is 0.663. The Bertz CT molecular complexity index is 562. The lowest BCUT2D eigenvalue weighted by Crippen LogP contribution is -1.99. The molecule has 1 unspecified atom stereocenters. The molecule has 3 nitrogen and oxygen atoms in total. The summed E-state index contributed by atoms with van der Waals surface area (Å²) >= 11 is 0. The molecule has 138 valence electrons. The molecule has 0 amide bonds. The van der Waals surface area contributed by atoms with Crippen molar-refractivity contribution in [2.75, 3.05) is 0 Å². The molecule has 0 fully saturated rings. The van der Waals surface area contributed by atoms with Gasteiger partial charge in [-0.3, -0.25) is 4.79 Å². The Morgan fingerprint density at radius 1 is 0.960 bits per heavy atom. The Kier molecular flexibility index (Phi) is 8.58. The second kappa shape index (κ2) is 11.0.